The minimum Gasteiger partial charge on any atom is -1.00 e. The molecule has 0 spiro atoms. The molecule has 8 heteroatoms. The highest BCUT2D eigenvalue weighted by atomic mass is 127. The molecular formula is C9H12FIN2O4. The fourth-order valence-corrected chi connectivity index (χ4v) is 1.79. The highest BCUT2D eigenvalue weighted by Gasteiger charge is 2.44. The van der Waals surface area contributed by atoms with E-state index in [1.54, 1.807) is 0 Å². The Bertz CT molecular complexity index is 352. The van der Waals surface area contributed by atoms with Crippen molar-refractivity contribution < 1.29 is 52.7 Å². The molecule has 0 radical (unpaired) electrons. The number of nitrogens with one attached hydrogen (secondary N) is 2. The summed E-state index contributed by atoms with van der Waals surface area (Å²) in [6, 6.07) is -0.566. The molecule has 0 bridgehead atoms. The van der Waals surface area contributed by atoms with Crippen LogP contribution >= 0.6 is 0 Å². The van der Waals surface area contributed by atoms with Crippen LogP contribution in [0.5, 0.6) is 0 Å². The number of aliphatic hydroxyl groups excluding tert-OH is 1. The first-order chi connectivity index (χ1) is 7.61. The number of ether oxygens (including phenoxy) is 1. The van der Waals surface area contributed by atoms with E-state index in [2.05, 4.69) is 5.32 Å². The van der Waals surface area contributed by atoms with Crippen molar-refractivity contribution in [2.45, 2.75) is 24.9 Å². The number of quaternary nitrogens is 1. The minimum absolute atomic E-state index is 0. The fraction of sp³-hybridized carbons (Fsp3) is 0.556. The second kappa shape index (κ2) is 5.85. The van der Waals surface area contributed by atoms with Crippen LogP contribution < -0.4 is 34.2 Å². The molecule has 0 saturated carbocycles. The van der Waals surface area contributed by atoms with E-state index in [-0.39, 0.29) is 35.3 Å². The molecule has 0 aromatic heterocycles. The first-order valence-corrected chi connectivity index (χ1v) is 4.92. The Kier molecular flexibility index (Phi) is 4.98. The molecule has 96 valence electrons. The van der Waals surface area contributed by atoms with Crippen LogP contribution in [0, 0.1) is 0 Å². The molecule has 2 heterocycles. The molecule has 6 nitrogen and oxygen atoms in total. The lowest BCUT2D eigenvalue weighted by molar-refractivity contribution is -0.818. The van der Waals surface area contributed by atoms with E-state index < -0.39 is 37.0 Å². The summed E-state index contributed by atoms with van der Waals surface area (Å²) in [4.78, 5) is 22.5. The van der Waals surface area contributed by atoms with Gasteiger partial charge in [-0.1, -0.05) is 0 Å². The number of halogens is 2. The van der Waals surface area contributed by atoms with Gasteiger partial charge in [-0.25, -0.2) is 14.5 Å². The maximum atomic E-state index is 13.3. The summed E-state index contributed by atoms with van der Waals surface area (Å²) < 4.78 is 18.5. The van der Waals surface area contributed by atoms with Crippen LogP contribution in [0.3, 0.4) is 0 Å². The van der Waals surface area contributed by atoms with Crippen molar-refractivity contribution in [2.24, 2.45) is 0 Å². The van der Waals surface area contributed by atoms with E-state index in [0.29, 0.717) is 0 Å². The predicted molar refractivity (Wildman–Crippen MR) is 48.9 cm³/mol. The van der Waals surface area contributed by atoms with Crippen molar-refractivity contribution in [1.82, 2.24) is 5.32 Å². The lowest BCUT2D eigenvalue weighted by Gasteiger charge is -2.20. The summed E-state index contributed by atoms with van der Waals surface area (Å²) in [5, 5.41) is 10.9. The summed E-state index contributed by atoms with van der Waals surface area (Å²) in [5.41, 5.74) is 0. The average molecular weight is 358 g/mol. The Balaban J connectivity index is 0.00000144. The van der Waals surface area contributed by atoms with Gasteiger partial charge in [0.1, 0.15) is 18.5 Å². The zero-order chi connectivity index (χ0) is 11.7. The van der Waals surface area contributed by atoms with Crippen LogP contribution in [0.2, 0.25) is 0 Å². The van der Waals surface area contributed by atoms with E-state index >= 15 is 0 Å². The van der Waals surface area contributed by atoms with Gasteiger partial charge in [-0.05, 0) is 0 Å². The number of rotatable bonds is 2. The summed E-state index contributed by atoms with van der Waals surface area (Å²) in [6.07, 6.45) is -0.334. The Hall–Kier alpha value is -0.580. The van der Waals surface area contributed by atoms with E-state index in [1.807, 2.05) is 0 Å². The molecule has 0 aromatic carbocycles. The molecule has 3 amide bonds. The molecule has 2 rings (SSSR count). The van der Waals surface area contributed by atoms with E-state index in [1.165, 1.54) is 12.3 Å². The number of aliphatic hydroxyl groups is 1. The number of imide groups is 1. The molecule has 3 N–H and O–H groups in total. The average Bonchev–Trinajstić information content (AvgIpc) is 2.59. The molecular weight excluding hydrogens is 346 g/mol. The molecule has 2 aliphatic rings. The van der Waals surface area contributed by atoms with Gasteiger partial charge in [0.05, 0.1) is 19.1 Å². The Morgan fingerprint density at radius 1 is 1.59 bits per heavy atom. The summed E-state index contributed by atoms with van der Waals surface area (Å²) >= 11 is 0. The van der Waals surface area contributed by atoms with Crippen molar-refractivity contribution in [3.05, 3.63) is 12.3 Å². The predicted octanol–water partition coefficient (Wildman–Crippen LogP) is -4.92. The summed E-state index contributed by atoms with van der Waals surface area (Å²) in [5.74, 6) is -0.498. The van der Waals surface area contributed by atoms with E-state index in [9.17, 15) is 14.0 Å². The molecule has 1 unspecified atom stereocenters. The molecule has 4 atom stereocenters. The maximum absolute atomic E-state index is 13.3. The van der Waals surface area contributed by atoms with Crippen molar-refractivity contribution in [3.8, 4) is 0 Å². The molecule has 0 aromatic rings. The number of alkyl halides is 1. The molecule has 2 aliphatic heterocycles. The van der Waals surface area contributed by atoms with Crippen LogP contribution in [0.1, 0.15) is 6.42 Å². The third-order valence-electron chi connectivity index (χ3n) is 2.62. The maximum Gasteiger partial charge on any atom is 0.428 e. The van der Waals surface area contributed by atoms with Crippen molar-refractivity contribution >= 4 is 11.9 Å². The third-order valence-corrected chi connectivity index (χ3v) is 2.62. The van der Waals surface area contributed by atoms with Crippen molar-refractivity contribution in [1.29, 1.82) is 0 Å². The second-order valence-electron chi connectivity index (χ2n) is 3.70. The molecule has 17 heavy (non-hydrogen) atoms. The standard InChI is InChI=1S/C9H11FN2O4.HI/c10-5-3-8(16-6(5)4-13)12-2-1-7(14)11-9(12)15;/h1-2,5-6,8,13H,3-4H2,(H,11,14,15);1H/t5-,6+,8+;/m0./s1. The van der Waals surface area contributed by atoms with Gasteiger partial charge >= 0.3 is 6.03 Å². The smallest absolute Gasteiger partial charge is 0.428 e. The zero-order valence-electron chi connectivity index (χ0n) is 8.73. The van der Waals surface area contributed by atoms with Gasteiger partial charge in [0.15, 0.2) is 0 Å². The van der Waals surface area contributed by atoms with Gasteiger partial charge < -0.3 is 33.8 Å². The number of carbonyl (C=O) groups excluding carboxylic acids is 2. The van der Waals surface area contributed by atoms with E-state index in [4.69, 9.17) is 9.84 Å². The van der Waals surface area contributed by atoms with Crippen LogP contribution in [0.4, 0.5) is 9.18 Å². The second-order valence-corrected chi connectivity index (χ2v) is 3.70. The monoisotopic (exact) mass is 358 g/mol. The summed E-state index contributed by atoms with van der Waals surface area (Å²) in [6.45, 7) is -0.421. The largest absolute Gasteiger partial charge is 1.00 e. The first-order valence-electron chi connectivity index (χ1n) is 4.92. The number of hydrogen-bond acceptors (Lipinski definition) is 4. The van der Waals surface area contributed by atoms with Gasteiger partial charge in [-0.15, -0.1) is 0 Å². The van der Waals surface area contributed by atoms with Gasteiger partial charge in [0, 0.05) is 0 Å². The van der Waals surface area contributed by atoms with Crippen LogP contribution in [-0.4, -0.2) is 42.2 Å². The van der Waals surface area contributed by atoms with Crippen LogP contribution in [0.15, 0.2) is 12.3 Å². The van der Waals surface area contributed by atoms with Gasteiger partial charge in [-0.3, -0.25) is 4.79 Å². The van der Waals surface area contributed by atoms with Crippen molar-refractivity contribution in [3.63, 3.8) is 0 Å². The number of hydrogen-bond donors (Lipinski definition) is 3. The Morgan fingerprint density at radius 3 is 2.82 bits per heavy atom. The zero-order valence-corrected chi connectivity index (χ0v) is 10.9. The molecule has 0 aliphatic carbocycles. The quantitative estimate of drug-likeness (QED) is 0.433. The van der Waals surface area contributed by atoms with E-state index in [0.717, 1.165) is 0 Å². The third kappa shape index (κ3) is 3.00. The highest BCUT2D eigenvalue weighted by molar-refractivity contribution is 5.99. The van der Waals surface area contributed by atoms with Gasteiger partial charge in [0.25, 0.3) is 5.91 Å². The first kappa shape index (κ1) is 14.5. The van der Waals surface area contributed by atoms with Gasteiger partial charge in [0.2, 0.25) is 6.23 Å². The highest BCUT2D eigenvalue weighted by Crippen LogP contribution is 2.19. The number of carbonyl (C=O) groups is 2. The lowest BCUT2D eigenvalue weighted by Crippen LogP contribution is -3.16. The van der Waals surface area contributed by atoms with Crippen LogP contribution in [-0.2, 0) is 9.53 Å². The topological polar surface area (TPSA) is 80.1 Å². The Morgan fingerprint density at radius 2 is 2.29 bits per heavy atom. The minimum atomic E-state index is -1.29. The molecule has 1 saturated heterocycles. The SMILES string of the molecule is O=C1C=C[NH+]([C@H]2C[C@H](F)[C@@H](CO)O2)C(=O)N1.[I-]. The van der Waals surface area contributed by atoms with Crippen molar-refractivity contribution in [2.75, 3.05) is 6.61 Å². The Labute approximate surface area is 114 Å². The van der Waals surface area contributed by atoms with Gasteiger partial charge in [-0.2, -0.15) is 4.90 Å². The number of amides is 3. The van der Waals surface area contributed by atoms with Crippen LogP contribution in [0.25, 0.3) is 0 Å². The fourth-order valence-electron chi connectivity index (χ4n) is 1.79. The summed E-state index contributed by atoms with van der Waals surface area (Å²) in [7, 11) is 0. The normalized spacial score (nSPS) is 36.6. The lowest BCUT2D eigenvalue weighted by atomic mass is 10.2. The molecule has 1 fully saturated rings. The number of urea groups is 1.